The van der Waals surface area contributed by atoms with E-state index in [1.54, 1.807) is 80.8 Å². The monoisotopic (exact) mass is 531 g/mol. The molecule has 0 spiro atoms. The van der Waals surface area contributed by atoms with Crippen molar-refractivity contribution in [3.8, 4) is 11.5 Å². The Balaban J connectivity index is 1.56. The second kappa shape index (κ2) is 12.1. The van der Waals surface area contributed by atoms with Gasteiger partial charge in [0.2, 0.25) is 5.91 Å². The third-order valence-corrected chi connectivity index (χ3v) is 6.19. The van der Waals surface area contributed by atoms with Gasteiger partial charge in [0.05, 0.1) is 38.5 Å². The maximum atomic E-state index is 13.5. The minimum atomic E-state index is -1.04. The normalized spacial score (nSPS) is 14.8. The molecule has 1 aliphatic rings. The van der Waals surface area contributed by atoms with Crippen molar-refractivity contribution >= 4 is 35.2 Å². The Hall–Kier alpha value is -4.86. The summed E-state index contributed by atoms with van der Waals surface area (Å²) in [7, 11) is 3.07. The largest absolute Gasteiger partial charge is 0.497 e. The average Bonchev–Trinajstić information content (AvgIpc) is 3.17. The third kappa shape index (κ3) is 6.18. The first-order valence-corrected chi connectivity index (χ1v) is 12.3. The molecular formula is C29H29N3O7. The summed E-state index contributed by atoms with van der Waals surface area (Å²) >= 11 is 0. The Bertz CT molecular complexity index is 1360. The Morgan fingerprint density at radius 2 is 1.59 bits per heavy atom. The minimum Gasteiger partial charge on any atom is -0.497 e. The van der Waals surface area contributed by atoms with E-state index in [4.69, 9.17) is 14.2 Å². The molecule has 1 fully saturated rings. The van der Waals surface area contributed by atoms with Crippen LogP contribution >= 0.6 is 0 Å². The molecule has 0 bridgehead atoms. The van der Waals surface area contributed by atoms with E-state index in [0.717, 1.165) is 10.5 Å². The number of benzene rings is 3. The van der Waals surface area contributed by atoms with E-state index >= 15 is 0 Å². The third-order valence-electron chi connectivity index (χ3n) is 6.19. The quantitative estimate of drug-likeness (QED) is 0.307. The van der Waals surface area contributed by atoms with Crippen LogP contribution in [0.3, 0.4) is 0 Å². The van der Waals surface area contributed by atoms with Gasteiger partial charge in [0, 0.05) is 12.2 Å². The molecule has 1 atom stereocenters. The molecule has 3 aromatic rings. The van der Waals surface area contributed by atoms with Crippen LogP contribution in [0.4, 0.5) is 16.2 Å². The fourth-order valence-electron chi connectivity index (χ4n) is 4.24. The molecule has 0 saturated carbocycles. The zero-order valence-corrected chi connectivity index (χ0v) is 21.9. The summed E-state index contributed by atoms with van der Waals surface area (Å²) in [4.78, 5) is 54.4. The number of hydrogen-bond donors (Lipinski definition) is 1. The van der Waals surface area contributed by atoms with Crippen LogP contribution in [0.25, 0.3) is 0 Å². The first-order chi connectivity index (χ1) is 18.8. The molecule has 10 heteroatoms. The zero-order valence-electron chi connectivity index (χ0n) is 21.9. The molecular weight excluding hydrogens is 502 g/mol. The van der Waals surface area contributed by atoms with Crippen LogP contribution in [0.2, 0.25) is 0 Å². The second-order valence-electron chi connectivity index (χ2n) is 8.70. The average molecular weight is 532 g/mol. The van der Waals surface area contributed by atoms with Gasteiger partial charge in [-0.25, -0.2) is 14.5 Å². The van der Waals surface area contributed by atoms with Crippen molar-refractivity contribution in [2.24, 2.45) is 0 Å². The molecule has 1 heterocycles. The molecule has 4 amide bonds. The summed E-state index contributed by atoms with van der Waals surface area (Å²) in [6.45, 7) is 2.07. The molecule has 4 rings (SSSR count). The predicted octanol–water partition coefficient (Wildman–Crippen LogP) is 4.25. The molecule has 1 aliphatic heterocycles. The minimum absolute atomic E-state index is 0.0978. The molecule has 39 heavy (non-hydrogen) atoms. The molecule has 1 N–H and O–H groups in total. The Morgan fingerprint density at radius 3 is 2.23 bits per heavy atom. The molecule has 0 aromatic heterocycles. The predicted molar refractivity (Wildman–Crippen MR) is 144 cm³/mol. The van der Waals surface area contributed by atoms with Crippen molar-refractivity contribution < 1.29 is 33.4 Å². The highest BCUT2D eigenvalue weighted by Crippen LogP contribution is 2.30. The van der Waals surface area contributed by atoms with E-state index in [1.807, 2.05) is 6.07 Å². The zero-order chi connectivity index (χ0) is 27.9. The van der Waals surface area contributed by atoms with Gasteiger partial charge in [0.1, 0.15) is 17.5 Å². The van der Waals surface area contributed by atoms with E-state index in [9.17, 15) is 19.2 Å². The molecule has 0 radical (unpaired) electrons. The molecule has 3 aromatic carbocycles. The van der Waals surface area contributed by atoms with E-state index in [2.05, 4.69) is 5.32 Å². The van der Waals surface area contributed by atoms with Gasteiger partial charge in [-0.1, -0.05) is 12.1 Å². The maximum absolute atomic E-state index is 13.5. The smallest absolute Gasteiger partial charge is 0.338 e. The first kappa shape index (κ1) is 27.2. The molecule has 1 saturated heterocycles. The van der Waals surface area contributed by atoms with Crippen LogP contribution in [0.15, 0.2) is 72.8 Å². The SMILES string of the molecule is CCOC(=O)c1ccc(NC(=O)C[C@@H]2C(=O)N(c3ccc(OC)cc3)C(=O)N2Cc2cccc(OC)c2)cc1. The van der Waals surface area contributed by atoms with Crippen molar-refractivity contribution in [2.45, 2.75) is 25.9 Å². The van der Waals surface area contributed by atoms with Crippen molar-refractivity contribution in [3.63, 3.8) is 0 Å². The highest BCUT2D eigenvalue weighted by Gasteiger charge is 2.46. The summed E-state index contributed by atoms with van der Waals surface area (Å²) in [6, 6.07) is 18.4. The van der Waals surface area contributed by atoms with Crippen LogP contribution in [-0.2, 0) is 20.9 Å². The number of nitrogens with zero attached hydrogens (tertiary/aromatic N) is 2. The number of imide groups is 1. The fraction of sp³-hybridized carbons (Fsp3) is 0.241. The number of esters is 1. The number of urea groups is 1. The summed E-state index contributed by atoms with van der Waals surface area (Å²) in [5, 5.41) is 2.74. The number of carbonyl (C=O) groups is 4. The Labute approximate surface area is 226 Å². The standard InChI is InChI=1S/C29H29N3O7/c1-4-39-28(35)20-8-10-21(11-9-20)30-26(33)17-25-27(34)32(22-12-14-23(37-2)15-13-22)29(36)31(25)18-19-6-5-7-24(16-19)38-3/h5-16,25H,4,17-18H2,1-3H3,(H,30,33)/t25-/m1/s1. The van der Waals surface area contributed by atoms with Gasteiger partial charge in [0.25, 0.3) is 5.91 Å². The fourth-order valence-corrected chi connectivity index (χ4v) is 4.24. The van der Waals surface area contributed by atoms with Crippen LogP contribution < -0.4 is 19.7 Å². The van der Waals surface area contributed by atoms with Crippen LogP contribution in [0, 0.1) is 0 Å². The Morgan fingerprint density at radius 1 is 0.897 bits per heavy atom. The highest BCUT2D eigenvalue weighted by atomic mass is 16.5. The lowest BCUT2D eigenvalue weighted by atomic mass is 10.1. The number of hydrogen-bond acceptors (Lipinski definition) is 7. The molecule has 10 nitrogen and oxygen atoms in total. The Kier molecular flexibility index (Phi) is 8.45. The van der Waals surface area contributed by atoms with Gasteiger partial charge in [0.15, 0.2) is 0 Å². The van der Waals surface area contributed by atoms with Crippen molar-refractivity contribution in [2.75, 3.05) is 31.0 Å². The van der Waals surface area contributed by atoms with Gasteiger partial charge in [-0.2, -0.15) is 0 Å². The number of anilines is 2. The van der Waals surface area contributed by atoms with Crippen molar-refractivity contribution in [1.29, 1.82) is 0 Å². The van der Waals surface area contributed by atoms with Crippen LogP contribution in [-0.4, -0.2) is 55.6 Å². The summed E-state index contributed by atoms with van der Waals surface area (Å²) in [5.41, 5.74) is 1.91. The highest BCUT2D eigenvalue weighted by molar-refractivity contribution is 6.22. The summed E-state index contributed by atoms with van der Waals surface area (Å²) < 4.78 is 15.4. The number of nitrogens with one attached hydrogen (secondary N) is 1. The van der Waals surface area contributed by atoms with E-state index < -0.39 is 29.9 Å². The van der Waals surface area contributed by atoms with Crippen molar-refractivity contribution in [1.82, 2.24) is 4.90 Å². The lowest BCUT2D eigenvalue weighted by molar-refractivity contribution is -0.124. The van der Waals surface area contributed by atoms with Gasteiger partial charge >= 0.3 is 12.0 Å². The van der Waals surface area contributed by atoms with Crippen LogP contribution in [0.1, 0.15) is 29.3 Å². The first-order valence-electron chi connectivity index (χ1n) is 12.3. The number of amides is 4. The number of rotatable bonds is 10. The lowest BCUT2D eigenvalue weighted by Gasteiger charge is -2.22. The number of methoxy groups -OCH3 is 2. The van der Waals surface area contributed by atoms with Crippen molar-refractivity contribution in [3.05, 3.63) is 83.9 Å². The summed E-state index contributed by atoms with van der Waals surface area (Å²) in [5.74, 6) is -0.246. The molecule has 202 valence electrons. The van der Waals surface area contributed by atoms with Gasteiger partial charge < -0.3 is 24.4 Å². The second-order valence-corrected chi connectivity index (χ2v) is 8.70. The lowest BCUT2D eigenvalue weighted by Crippen LogP contribution is -2.37. The van der Waals surface area contributed by atoms with E-state index in [-0.39, 0.29) is 19.6 Å². The van der Waals surface area contributed by atoms with Gasteiger partial charge in [-0.05, 0) is 73.2 Å². The number of ether oxygens (including phenoxy) is 3. The maximum Gasteiger partial charge on any atom is 0.338 e. The topological polar surface area (TPSA) is 114 Å². The van der Waals surface area contributed by atoms with Gasteiger partial charge in [-0.3, -0.25) is 9.59 Å². The summed E-state index contributed by atoms with van der Waals surface area (Å²) in [6.07, 6.45) is -0.263. The number of carbonyl (C=O) groups excluding carboxylic acids is 4. The van der Waals surface area contributed by atoms with Gasteiger partial charge in [-0.15, -0.1) is 0 Å². The van der Waals surface area contributed by atoms with Crippen LogP contribution in [0.5, 0.6) is 11.5 Å². The molecule has 0 unspecified atom stereocenters. The van der Waals surface area contributed by atoms with E-state index in [1.165, 1.54) is 12.0 Å². The molecule has 0 aliphatic carbocycles. The van der Waals surface area contributed by atoms with E-state index in [0.29, 0.717) is 28.4 Å².